The van der Waals surface area contributed by atoms with E-state index in [4.69, 9.17) is 21.1 Å². The van der Waals surface area contributed by atoms with Crippen molar-refractivity contribution in [2.45, 2.75) is 38.5 Å². The summed E-state index contributed by atoms with van der Waals surface area (Å²) in [7, 11) is 1.66. The van der Waals surface area contributed by atoms with E-state index in [-0.39, 0.29) is 31.3 Å². The van der Waals surface area contributed by atoms with Gasteiger partial charge >= 0.3 is 6.09 Å². The van der Waals surface area contributed by atoms with E-state index in [0.717, 1.165) is 27.8 Å². The Hall–Kier alpha value is -3.39. The third-order valence-corrected chi connectivity index (χ3v) is 7.35. The van der Waals surface area contributed by atoms with Gasteiger partial charge < -0.3 is 19.5 Å². The Balaban J connectivity index is 1.68. The van der Waals surface area contributed by atoms with E-state index < -0.39 is 18.4 Å². The summed E-state index contributed by atoms with van der Waals surface area (Å²) < 4.78 is 11.3. The number of halogens is 1. The van der Waals surface area contributed by atoms with Gasteiger partial charge in [0.2, 0.25) is 5.91 Å². The molecule has 0 fully saturated rings. The summed E-state index contributed by atoms with van der Waals surface area (Å²) >= 11 is 6.09. The molecule has 0 saturated carbocycles. The molecule has 2 amide bonds. The Morgan fingerprint density at radius 1 is 0.897 bits per heavy atom. The molecule has 1 aliphatic rings. The zero-order valence-corrected chi connectivity index (χ0v) is 23.3. The van der Waals surface area contributed by atoms with Crippen LogP contribution in [0, 0.1) is 0 Å². The van der Waals surface area contributed by atoms with Crippen LogP contribution >= 0.6 is 11.6 Å². The highest BCUT2D eigenvalue weighted by molar-refractivity contribution is 6.30. The van der Waals surface area contributed by atoms with Crippen LogP contribution in [0.25, 0.3) is 11.1 Å². The zero-order valence-electron chi connectivity index (χ0n) is 22.5. The van der Waals surface area contributed by atoms with Crippen LogP contribution in [-0.2, 0) is 20.7 Å². The van der Waals surface area contributed by atoms with Crippen molar-refractivity contribution < 1.29 is 24.2 Å². The molecule has 4 rings (SSSR count). The van der Waals surface area contributed by atoms with Gasteiger partial charge in [-0.05, 0) is 53.8 Å². The Morgan fingerprint density at radius 2 is 1.44 bits per heavy atom. The van der Waals surface area contributed by atoms with Crippen LogP contribution in [-0.4, -0.2) is 72.6 Å². The fourth-order valence-corrected chi connectivity index (χ4v) is 5.39. The highest BCUT2D eigenvalue weighted by Crippen LogP contribution is 2.45. The Labute approximate surface area is 234 Å². The molecule has 1 aliphatic carbocycles. The Bertz CT molecular complexity index is 1230. The van der Waals surface area contributed by atoms with Gasteiger partial charge in [-0.3, -0.25) is 9.69 Å². The first-order valence-electron chi connectivity index (χ1n) is 13.2. The second-order valence-electron chi connectivity index (χ2n) is 9.57. The normalized spacial score (nSPS) is 13.2. The van der Waals surface area contributed by atoms with Gasteiger partial charge in [0.25, 0.3) is 0 Å². The summed E-state index contributed by atoms with van der Waals surface area (Å²) in [5.41, 5.74) is 5.12. The van der Waals surface area contributed by atoms with E-state index in [2.05, 4.69) is 12.1 Å². The maximum atomic E-state index is 14.0. The number of likely N-dealkylation sites (N-methyl/N-ethyl adjacent to an activating group) is 1. The van der Waals surface area contributed by atoms with Crippen molar-refractivity contribution in [3.63, 3.8) is 0 Å². The number of amides is 2. The molecule has 8 heteroatoms. The predicted molar refractivity (Wildman–Crippen MR) is 152 cm³/mol. The predicted octanol–water partition coefficient (Wildman–Crippen LogP) is 5.90. The van der Waals surface area contributed by atoms with Crippen molar-refractivity contribution in [3.05, 3.63) is 94.5 Å². The molecule has 0 spiro atoms. The minimum absolute atomic E-state index is 0.140. The van der Waals surface area contributed by atoms with E-state index in [0.29, 0.717) is 18.2 Å². The summed E-state index contributed by atoms with van der Waals surface area (Å²) in [6.07, 6.45) is -1.54. The van der Waals surface area contributed by atoms with Crippen molar-refractivity contribution in [1.82, 2.24) is 9.80 Å². The lowest BCUT2D eigenvalue weighted by molar-refractivity contribution is -0.159. The van der Waals surface area contributed by atoms with Gasteiger partial charge in [-0.1, -0.05) is 72.3 Å². The molecule has 7 nitrogen and oxygen atoms in total. The average molecular weight is 551 g/mol. The largest absolute Gasteiger partial charge is 0.465 e. The molecule has 0 aromatic heterocycles. The highest BCUT2D eigenvalue weighted by Gasteiger charge is 2.37. The number of hydrogen-bond acceptors (Lipinski definition) is 4. The van der Waals surface area contributed by atoms with Gasteiger partial charge in [-0.2, -0.15) is 0 Å². The summed E-state index contributed by atoms with van der Waals surface area (Å²) in [6.45, 7) is 4.91. The Morgan fingerprint density at radius 3 is 1.95 bits per heavy atom. The monoisotopic (exact) mass is 550 g/mol. The standard InChI is InChI=1S/C31H35ClN2O5/c1-4-38-29(39-5-2)20-33(3)30(35)28(18-21-14-16-22(32)17-15-21)34(31(36)37)19-27-25-12-8-6-10-23(25)24-11-7-9-13-26(24)27/h6-17,27-29H,4-5,18-20H2,1-3H3,(H,36,37). The third kappa shape index (κ3) is 6.61. The number of carbonyl (C=O) groups excluding carboxylic acids is 1. The number of carbonyl (C=O) groups is 2. The molecule has 0 heterocycles. The topological polar surface area (TPSA) is 79.3 Å². The van der Waals surface area contributed by atoms with Crippen LogP contribution in [0.5, 0.6) is 0 Å². The fraction of sp³-hybridized carbons (Fsp3) is 0.355. The lowest BCUT2D eigenvalue weighted by Gasteiger charge is -2.34. The summed E-state index contributed by atoms with van der Waals surface area (Å²) in [5.74, 6) is -0.518. The number of ether oxygens (including phenoxy) is 2. The summed E-state index contributed by atoms with van der Waals surface area (Å²) in [5, 5.41) is 11.1. The van der Waals surface area contributed by atoms with Crippen LogP contribution in [0.4, 0.5) is 4.79 Å². The number of nitrogens with zero attached hydrogens (tertiary/aromatic N) is 2. The molecule has 206 valence electrons. The molecule has 1 atom stereocenters. The van der Waals surface area contributed by atoms with Crippen LogP contribution in [0.2, 0.25) is 5.02 Å². The van der Waals surface area contributed by atoms with Gasteiger partial charge in [0.15, 0.2) is 6.29 Å². The second kappa shape index (κ2) is 13.1. The van der Waals surface area contributed by atoms with E-state index in [1.807, 2.05) is 62.4 Å². The molecule has 1 N–H and O–H groups in total. The quantitative estimate of drug-likeness (QED) is 0.284. The number of rotatable bonds is 12. The number of fused-ring (bicyclic) bond motifs is 3. The lowest BCUT2D eigenvalue weighted by atomic mass is 9.94. The maximum absolute atomic E-state index is 14.0. The third-order valence-electron chi connectivity index (χ3n) is 7.10. The van der Waals surface area contributed by atoms with E-state index in [1.54, 1.807) is 19.2 Å². The van der Waals surface area contributed by atoms with Crippen molar-refractivity contribution >= 4 is 23.6 Å². The molecule has 0 aliphatic heterocycles. The van der Waals surface area contributed by atoms with E-state index in [9.17, 15) is 14.7 Å². The van der Waals surface area contributed by atoms with Crippen molar-refractivity contribution in [2.75, 3.05) is 33.4 Å². The molecule has 0 radical (unpaired) electrons. The van der Waals surface area contributed by atoms with Gasteiger partial charge in [0.05, 0.1) is 6.54 Å². The zero-order chi connectivity index (χ0) is 27.9. The fourth-order valence-electron chi connectivity index (χ4n) is 5.26. The molecule has 0 bridgehead atoms. The molecule has 3 aromatic carbocycles. The first kappa shape index (κ1) is 28.6. The van der Waals surface area contributed by atoms with Gasteiger partial charge in [0.1, 0.15) is 6.04 Å². The first-order valence-corrected chi connectivity index (χ1v) is 13.6. The van der Waals surface area contributed by atoms with Gasteiger partial charge in [-0.15, -0.1) is 0 Å². The van der Waals surface area contributed by atoms with Gasteiger partial charge in [0, 0.05) is 44.2 Å². The number of carboxylic acid groups (broad SMARTS) is 1. The minimum Gasteiger partial charge on any atom is -0.465 e. The number of hydrogen-bond donors (Lipinski definition) is 1. The number of benzene rings is 3. The van der Waals surface area contributed by atoms with Crippen LogP contribution in [0.1, 0.15) is 36.5 Å². The van der Waals surface area contributed by atoms with Gasteiger partial charge in [-0.25, -0.2) is 4.79 Å². The van der Waals surface area contributed by atoms with Crippen LogP contribution in [0.15, 0.2) is 72.8 Å². The molecular formula is C31H35ClN2O5. The summed E-state index contributed by atoms with van der Waals surface area (Å²) in [4.78, 5) is 29.6. The Kier molecular flexibility index (Phi) is 9.62. The van der Waals surface area contributed by atoms with Crippen molar-refractivity contribution in [1.29, 1.82) is 0 Å². The molecule has 39 heavy (non-hydrogen) atoms. The highest BCUT2D eigenvalue weighted by atomic mass is 35.5. The maximum Gasteiger partial charge on any atom is 0.408 e. The smallest absolute Gasteiger partial charge is 0.408 e. The van der Waals surface area contributed by atoms with Crippen molar-refractivity contribution in [3.8, 4) is 11.1 Å². The lowest BCUT2D eigenvalue weighted by Crippen LogP contribution is -2.53. The average Bonchev–Trinajstić information content (AvgIpc) is 3.25. The molecule has 0 saturated heterocycles. The van der Waals surface area contributed by atoms with Crippen molar-refractivity contribution in [2.24, 2.45) is 0 Å². The van der Waals surface area contributed by atoms with E-state index in [1.165, 1.54) is 9.80 Å². The first-order chi connectivity index (χ1) is 18.8. The second-order valence-corrected chi connectivity index (χ2v) is 10.0. The molecule has 1 unspecified atom stereocenters. The van der Waals surface area contributed by atoms with E-state index >= 15 is 0 Å². The molecular weight excluding hydrogens is 516 g/mol. The SMILES string of the molecule is CCOC(CN(C)C(=O)C(Cc1ccc(Cl)cc1)N(CC1c2ccccc2-c2ccccc21)C(=O)O)OCC. The van der Waals surface area contributed by atoms with Crippen LogP contribution in [0.3, 0.4) is 0 Å². The summed E-state index contributed by atoms with van der Waals surface area (Å²) in [6, 6.07) is 22.3. The minimum atomic E-state index is -1.15. The van der Waals surface area contributed by atoms with Crippen LogP contribution < -0.4 is 0 Å². The molecule has 3 aromatic rings.